The van der Waals surface area contributed by atoms with Crippen LogP contribution in [0.15, 0.2) is 0 Å². The van der Waals surface area contributed by atoms with Gasteiger partial charge < -0.3 is 28.8 Å². The molecule has 0 atom stereocenters. The minimum Gasteiger partial charge on any atom is -0.463 e. The molecule has 22 heavy (non-hydrogen) atoms. The van der Waals surface area contributed by atoms with Crippen LogP contribution in [0.1, 0.15) is 26.7 Å². The molecule has 0 unspecified atom stereocenters. The molecule has 0 bridgehead atoms. The smallest absolute Gasteiger partial charge is 0.306 e. The van der Waals surface area contributed by atoms with Crippen molar-refractivity contribution < 1.29 is 33.6 Å². The van der Waals surface area contributed by atoms with E-state index in [-0.39, 0.29) is 18.7 Å². The van der Waals surface area contributed by atoms with Crippen molar-refractivity contribution in [3.63, 3.8) is 0 Å². The van der Waals surface area contributed by atoms with Crippen LogP contribution in [0.3, 0.4) is 0 Å². The van der Waals surface area contributed by atoms with Crippen molar-refractivity contribution in [2.45, 2.75) is 32.8 Å². The predicted molar refractivity (Wildman–Crippen MR) is 80.8 cm³/mol. The Kier molecular flexibility index (Phi) is 16.1. The molecule has 132 valence electrons. The number of rotatable bonds is 16. The number of ether oxygens (including phenoxy) is 5. The Bertz CT molecular complexity index is 246. The molecular formula is C15H30O7. The first-order chi connectivity index (χ1) is 10.7. The SMILES string of the molecule is CC(C)OC(=O)CCCOCCOCCOCCOCCO. The maximum absolute atomic E-state index is 11.2. The zero-order chi connectivity index (χ0) is 16.5. The van der Waals surface area contributed by atoms with Crippen LogP contribution >= 0.6 is 0 Å². The van der Waals surface area contributed by atoms with E-state index in [0.717, 1.165) is 0 Å². The molecule has 0 aromatic rings. The lowest BCUT2D eigenvalue weighted by atomic mass is 10.3. The lowest BCUT2D eigenvalue weighted by molar-refractivity contribution is -0.147. The summed E-state index contributed by atoms with van der Waals surface area (Å²) in [6.07, 6.45) is 0.971. The van der Waals surface area contributed by atoms with Crippen molar-refractivity contribution in [2.75, 3.05) is 59.5 Å². The van der Waals surface area contributed by atoms with Crippen LogP contribution in [-0.4, -0.2) is 76.6 Å². The highest BCUT2D eigenvalue weighted by molar-refractivity contribution is 5.69. The second kappa shape index (κ2) is 16.6. The van der Waals surface area contributed by atoms with Crippen molar-refractivity contribution in [3.8, 4) is 0 Å². The fourth-order valence-electron chi connectivity index (χ4n) is 1.47. The van der Waals surface area contributed by atoms with Crippen LogP contribution in [0.2, 0.25) is 0 Å². The standard InChI is InChI=1S/C15H30O7/c1-14(2)22-15(17)4-3-6-18-8-10-20-12-13-21-11-9-19-7-5-16/h14,16H,3-13H2,1-2H3. The molecule has 7 heteroatoms. The summed E-state index contributed by atoms with van der Waals surface area (Å²) in [6, 6.07) is 0. The minimum absolute atomic E-state index is 0.0298. The van der Waals surface area contributed by atoms with Gasteiger partial charge in [-0.1, -0.05) is 0 Å². The van der Waals surface area contributed by atoms with Gasteiger partial charge in [-0.15, -0.1) is 0 Å². The first-order valence-corrected chi connectivity index (χ1v) is 7.78. The molecule has 0 aromatic heterocycles. The van der Waals surface area contributed by atoms with Gasteiger partial charge in [0.2, 0.25) is 0 Å². The summed E-state index contributed by atoms with van der Waals surface area (Å²) in [4.78, 5) is 11.2. The van der Waals surface area contributed by atoms with Crippen molar-refractivity contribution >= 4 is 5.97 Å². The van der Waals surface area contributed by atoms with Gasteiger partial charge in [0.05, 0.1) is 59.0 Å². The zero-order valence-corrected chi connectivity index (χ0v) is 13.8. The number of hydrogen-bond donors (Lipinski definition) is 1. The highest BCUT2D eigenvalue weighted by Gasteiger charge is 2.04. The van der Waals surface area contributed by atoms with E-state index in [1.807, 2.05) is 13.8 Å². The number of carbonyl (C=O) groups is 1. The van der Waals surface area contributed by atoms with E-state index in [2.05, 4.69) is 0 Å². The molecule has 0 aliphatic rings. The molecule has 0 amide bonds. The number of esters is 1. The summed E-state index contributed by atoms with van der Waals surface area (Å²) in [5.74, 6) is -0.185. The van der Waals surface area contributed by atoms with Gasteiger partial charge >= 0.3 is 5.97 Å². The van der Waals surface area contributed by atoms with Gasteiger partial charge in [0, 0.05) is 13.0 Å². The zero-order valence-electron chi connectivity index (χ0n) is 13.8. The van der Waals surface area contributed by atoms with E-state index >= 15 is 0 Å². The Labute approximate surface area is 132 Å². The van der Waals surface area contributed by atoms with E-state index in [1.54, 1.807) is 0 Å². The van der Waals surface area contributed by atoms with Crippen LogP contribution in [0.4, 0.5) is 0 Å². The van der Waals surface area contributed by atoms with Crippen LogP contribution in [0.5, 0.6) is 0 Å². The molecule has 0 fully saturated rings. The fraction of sp³-hybridized carbons (Fsp3) is 0.933. The Morgan fingerprint density at radius 3 is 1.73 bits per heavy atom. The van der Waals surface area contributed by atoms with Crippen LogP contribution in [0.25, 0.3) is 0 Å². The molecule has 0 aliphatic carbocycles. The summed E-state index contributed by atoms with van der Waals surface area (Å²) < 4.78 is 26.0. The fourth-order valence-corrected chi connectivity index (χ4v) is 1.47. The third-order valence-electron chi connectivity index (χ3n) is 2.39. The number of hydrogen-bond acceptors (Lipinski definition) is 7. The van der Waals surface area contributed by atoms with Gasteiger partial charge in [-0.05, 0) is 20.3 Å². The highest BCUT2D eigenvalue weighted by atomic mass is 16.6. The topological polar surface area (TPSA) is 83.5 Å². The maximum Gasteiger partial charge on any atom is 0.306 e. The highest BCUT2D eigenvalue weighted by Crippen LogP contribution is 1.97. The van der Waals surface area contributed by atoms with Gasteiger partial charge in [-0.3, -0.25) is 4.79 Å². The number of aliphatic hydroxyl groups is 1. The quantitative estimate of drug-likeness (QED) is 0.332. The monoisotopic (exact) mass is 322 g/mol. The van der Waals surface area contributed by atoms with Crippen molar-refractivity contribution in [2.24, 2.45) is 0 Å². The molecule has 0 aliphatic heterocycles. The van der Waals surface area contributed by atoms with Crippen LogP contribution in [-0.2, 0) is 28.5 Å². The van der Waals surface area contributed by atoms with Crippen LogP contribution in [0, 0.1) is 0 Å². The molecule has 0 rings (SSSR count). The molecular weight excluding hydrogens is 292 g/mol. The first-order valence-electron chi connectivity index (χ1n) is 7.78. The largest absolute Gasteiger partial charge is 0.463 e. The normalized spacial score (nSPS) is 11.1. The van der Waals surface area contributed by atoms with E-state index in [4.69, 9.17) is 28.8 Å². The Morgan fingerprint density at radius 1 is 0.818 bits per heavy atom. The molecule has 0 aromatic carbocycles. The minimum atomic E-state index is -0.185. The molecule has 7 nitrogen and oxygen atoms in total. The molecule has 1 N–H and O–H groups in total. The van der Waals surface area contributed by atoms with E-state index in [0.29, 0.717) is 65.7 Å². The molecule has 0 saturated carbocycles. The van der Waals surface area contributed by atoms with Crippen molar-refractivity contribution in [1.29, 1.82) is 0 Å². The molecule has 0 heterocycles. The first kappa shape index (κ1) is 21.3. The van der Waals surface area contributed by atoms with E-state index in [1.165, 1.54) is 0 Å². The van der Waals surface area contributed by atoms with Gasteiger partial charge in [-0.25, -0.2) is 0 Å². The second-order valence-corrected chi connectivity index (χ2v) is 4.82. The van der Waals surface area contributed by atoms with Crippen molar-refractivity contribution in [1.82, 2.24) is 0 Å². The van der Waals surface area contributed by atoms with Gasteiger partial charge in [-0.2, -0.15) is 0 Å². The number of aliphatic hydroxyl groups excluding tert-OH is 1. The van der Waals surface area contributed by atoms with Crippen LogP contribution < -0.4 is 0 Å². The lowest BCUT2D eigenvalue weighted by Crippen LogP contribution is -2.14. The summed E-state index contributed by atoms with van der Waals surface area (Å²) in [5, 5.41) is 8.48. The molecule has 0 radical (unpaired) electrons. The summed E-state index contributed by atoms with van der Waals surface area (Å²) >= 11 is 0. The Morgan fingerprint density at radius 2 is 1.27 bits per heavy atom. The summed E-state index contributed by atoms with van der Waals surface area (Å²) in [5.41, 5.74) is 0. The van der Waals surface area contributed by atoms with E-state index < -0.39 is 0 Å². The maximum atomic E-state index is 11.2. The third kappa shape index (κ3) is 17.3. The van der Waals surface area contributed by atoms with Gasteiger partial charge in [0.25, 0.3) is 0 Å². The molecule has 0 saturated heterocycles. The Balaban J connectivity index is 3.07. The average Bonchev–Trinajstić information content (AvgIpc) is 2.47. The lowest BCUT2D eigenvalue weighted by Gasteiger charge is -2.08. The Hall–Kier alpha value is -0.730. The summed E-state index contributed by atoms with van der Waals surface area (Å²) in [6.45, 7) is 7.53. The predicted octanol–water partition coefficient (Wildman–Crippen LogP) is 0.777. The van der Waals surface area contributed by atoms with Crippen molar-refractivity contribution in [3.05, 3.63) is 0 Å². The average molecular weight is 322 g/mol. The number of carbonyl (C=O) groups excluding carboxylic acids is 1. The molecule has 0 spiro atoms. The van der Waals surface area contributed by atoms with E-state index in [9.17, 15) is 4.79 Å². The summed E-state index contributed by atoms with van der Waals surface area (Å²) in [7, 11) is 0. The second-order valence-electron chi connectivity index (χ2n) is 4.82. The van der Waals surface area contributed by atoms with Gasteiger partial charge in [0.1, 0.15) is 0 Å². The third-order valence-corrected chi connectivity index (χ3v) is 2.39. The van der Waals surface area contributed by atoms with Gasteiger partial charge in [0.15, 0.2) is 0 Å².